The van der Waals surface area contributed by atoms with Crippen LogP contribution >= 0.6 is 15.9 Å². The molecular weight excluding hydrogens is 369 g/mol. The lowest BCUT2D eigenvalue weighted by molar-refractivity contribution is -0.173. The van der Waals surface area contributed by atoms with Crippen LogP contribution in [-0.2, 0) is 4.79 Å². The van der Waals surface area contributed by atoms with Crippen molar-refractivity contribution in [2.75, 3.05) is 19.6 Å². The number of hydrogen-bond acceptors (Lipinski definition) is 3. The third-order valence-electron chi connectivity index (χ3n) is 3.49. The molecule has 1 N–H and O–H groups in total. The van der Waals surface area contributed by atoms with Crippen molar-refractivity contribution in [3.63, 3.8) is 0 Å². The molecule has 0 atom stereocenters. The summed E-state index contributed by atoms with van der Waals surface area (Å²) in [6.45, 7) is 0.806. The first-order valence-corrected chi connectivity index (χ1v) is 7.46. The van der Waals surface area contributed by atoms with Crippen LogP contribution in [0, 0.1) is 5.92 Å². The monoisotopic (exact) mass is 382 g/mol. The minimum absolute atomic E-state index is 0.0350. The van der Waals surface area contributed by atoms with E-state index in [1.807, 2.05) is 5.32 Å². The van der Waals surface area contributed by atoms with Gasteiger partial charge in [-0.25, -0.2) is 0 Å². The second-order valence-corrected chi connectivity index (χ2v) is 5.83. The van der Waals surface area contributed by atoms with Crippen molar-refractivity contribution < 1.29 is 27.2 Å². The third kappa shape index (κ3) is 4.25. The van der Waals surface area contributed by atoms with Gasteiger partial charge in [0.05, 0.1) is 0 Å². The lowest BCUT2D eigenvalue weighted by atomic mass is 9.96. The van der Waals surface area contributed by atoms with Gasteiger partial charge >= 0.3 is 12.1 Å². The summed E-state index contributed by atoms with van der Waals surface area (Å²) < 4.78 is 41.9. The van der Waals surface area contributed by atoms with Gasteiger partial charge in [-0.05, 0) is 46.8 Å². The van der Waals surface area contributed by atoms with Crippen molar-refractivity contribution in [2.45, 2.75) is 19.0 Å². The van der Waals surface area contributed by atoms with Crippen LogP contribution in [0.2, 0.25) is 0 Å². The first kappa shape index (κ1) is 16.9. The zero-order chi connectivity index (χ0) is 16.3. The summed E-state index contributed by atoms with van der Waals surface area (Å²) in [6, 6.07) is 3.18. The van der Waals surface area contributed by atoms with Crippen LogP contribution in [0.1, 0.15) is 23.4 Å². The Balaban J connectivity index is 1.78. The van der Waals surface area contributed by atoms with Crippen molar-refractivity contribution in [1.29, 1.82) is 0 Å². The summed E-state index contributed by atoms with van der Waals surface area (Å²) in [6.07, 6.45) is -3.79. The summed E-state index contributed by atoms with van der Waals surface area (Å²) in [5.41, 5.74) is 0. The summed E-state index contributed by atoms with van der Waals surface area (Å²) in [7, 11) is 0. The minimum Gasteiger partial charge on any atom is -0.444 e. The van der Waals surface area contributed by atoms with Crippen LogP contribution in [-0.4, -0.2) is 42.5 Å². The van der Waals surface area contributed by atoms with Gasteiger partial charge in [0.2, 0.25) is 0 Å². The van der Waals surface area contributed by atoms with E-state index in [1.54, 1.807) is 17.0 Å². The Morgan fingerprint density at radius 2 is 1.95 bits per heavy atom. The predicted octanol–water partition coefficient (Wildman–Crippen LogP) is 2.57. The Labute approximate surface area is 133 Å². The van der Waals surface area contributed by atoms with Crippen LogP contribution in [0.3, 0.4) is 0 Å². The van der Waals surface area contributed by atoms with E-state index in [-0.39, 0.29) is 24.1 Å². The van der Waals surface area contributed by atoms with Crippen molar-refractivity contribution in [1.82, 2.24) is 10.2 Å². The molecule has 1 aliphatic heterocycles. The van der Waals surface area contributed by atoms with Gasteiger partial charge < -0.3 is 14.6 Å². The van der Waals surface area contributed by atoms with Crippen molar-refractivity contribution in [3.05, 3.63) is 22.6 Å². The van der Waals surface area contributed by atoms with E-state index in [0.717, 1.165) is 0 Å². The molecule has 0 unspecified atom stereocenters. The molecule has 9 heteroatoms. The number of amides is 2. The molecule has 22 heavy (non-hydrogen) atoms. The smallest absolute Gasteiger partial charge is 0.444 e. The number of nitrogens with one attached hydrogen (secondary N) is 1. The SMILES string of the molecule is O=C(c1ccc(Br)o1)N1CCC(CNC(=O)C(F)(F)F)CC1. The molecule has 2 rings (SSSR count). The Hall–Kier alpha value is -1.51. The number of furan rings is 1. The molecule has 0 spiro atoms. The van der Waals surface area contributed by atoms with Crippen LogP contribution in [0.15, 0.2) is 21.2 Å². The number of nitrogens with zero attached hydrogens (tertiary/aromatic N) is 1. The Kier molecular flexibility index (Phi) is 5.15. The normalized spacial score (nSPS) is 16.6. The molecule has 0 saturated carbocycles. The predicted molar refractivity (Wildman–Crippen MR) is 74.1 cm³/mol. The highest BCUT2D eigenvalue weighted by atomic mass is 79.9. The van der Waals surface area contributed by atoms with E-state index < -0.39 is 12.1 Å². The summed E-state index contributed by atoms with van der Waals surface area (Å²) in [4.78, 5) is 24.5. The highest BCUT2D eigenvalue weighted by molar-refractivity contribution is 9.10. The van der Waals surface area contributed by atoms with E-state index in [2.05, 4.69) is 15.9 Å². The molecule has 1 saturated heterocycles. The lowest BCUT2D eigenvalue weighted by Gasteiger charge is -2.31. The fourth-order valence-corrected chi connectivity index (χ4v) is 2.57. The largest absolute Gasteiger partial charge is 0.471 e. The number of carbonyl (C=O) groups is 2. The van der Waals surface area contributed by atoms with Crippen molar-refractivity contribution in [3.8, 4) is 0 Å². The second-order valence-electron chi connectivity index (χ2n) is 5.05. The average Bonchev–Trinajstić information content (AvgIpc) is 2.90. The number of carbonyl (C=O) groups excluding carboxylic acids is 2. The molecule has 0 aliphatic carbocycles. The van der Waals surface area contributed by atoms with E-state index in [0.29, 0.717) is 30.6 Å². The van der Waals surface area contributed by atoms with Gasteiger partial charge in [0, 0.05) is 19.6 Å². The Morgan fingerprint density at radius 1 is 1.32 bits per heavy atom. The number of halogens is 4. The molecule has 1 aromatic rings. The van der Waals surface area contributed by atoms with Crippen LogP contribution < -0.4 is 5.32 Å². The van der Waals surface area contributed by atoms with E-state index in [4.69, 9.17) is 4.42 Å². The zero-order valence-corrected chi connectivity index (χ0v) is 13.0. The van der Waals surface area contributed by atoms with Gasteiger partial charge in [-0.1, -0.05) is 0 Å². The van der Waals surface area contributed by atoms with Crippen molar-refractivity contribution >= 4 is 27.7 Å². The van der Waals surface area contributed by atoms with Gasteiger partial charge in [0.1, 0.15) is 0 Å². The summed E-state index contributed by atoms with van der Waals surface area (Å²) >= 11 is 3.11. The standard InChI is InChI=1S/C13H14BrF3N2O3/c14-10-2-1-9(22-10)11(20)19-5-3-8(4-6-19)7-18-12(21)13(15,16)17/h1-2,8H,3-7H2,(H,18,21). The fourth-order valence-electron chi connectivity index (χ4n) is 2.26. The van der Waals surface area contributed by atoms with Gasteiger partial charge in [-0.3, -0.25) is 9.59 Å². The summed E-state index contributed by atoms with van der Waals surface area (Å²) in [5.74, 6) is -2.02. The molecule has 1 aromatic heterocycles. The molecule has 122 valence electrons. The number of alkyl halides is 3. The maximum atomic E-state index is 12.1. The number of piperidine rings is 1. The van der Waals surface area contributed by atoms with Gasteiger partial charge in [-0.15, -0.1) is 0 Å². The Bertz CT molecular complexity index is 551. The maximum absolute atomic E-state index is 12.1. The van der Waals surface area contributed by atoms with E-state index in [9.17, 15) is 22.8 Å². The molecule has 2 amide bonds. The first-order chi connectivity index (χ1) is 10.3. The molecule has 0 bridgehead atoms. The zero-order valence-electron chi connectivity index (χ0n) is 11.5. The number of rotatable bonds is 3. The maximum Gasteiger partial charge on any atom is 0.471 e. The van der Waals surface area contributed by atoms with Crippen LogP contribution in [0.4, 0.5) is 13.2 Å². The molecular formula is C13H14BrF3N2O3. The minimum atomic E-state index is -4.86. The molecule has 0 aromatic carbocycles. The molecule has 1 aliphatic rings. The number of likely N-dealkylation sites (tertiary alicyclic amines) is 1. The molecule has 2 heterocycles. The van der Waals surface area contributed by atoms with Gasteiger partial charge in [0.25, 0.3) is 5.91 Å². The third-order valence-corrected chi connectivity index (χ3v) is 3.92. The van der Waals surface area contributed by atoms with Crippen LogP contribution in [0.25, 0.3) is 0 Å². The molecule has 1 fully saturated rings. The lowest BCUT2D eigenvalue weighted by Crippen LogP contribution is -2.44. The Morgan fingerprint density at radius 3 is 2.45 bits per heavy atom. The van der Waals surface area contributed by atoms with E-state index in [1.165, 1.54) is 0 Å². The molecule has 5 nitrogen and oxygen atoms in total. The molecule has 0 radical (unpaired) electrons. The number of hydrogen-bond donors (Lipinski definition) is 1. The van der Waals surface area contributed by atoms with E-state index >= 15 is 0 Å². The first-order valence-electron chi connectivity index (χ1n) is 6.67. The fraction of sp³-hybridized carbons (Fsp3) is 0.538. The topological polar surface area (TPSA) is 62.6 Å². The highest BCUT2D eigenvalue weighted by Crippen LogP contribution is 2.21. The van der Waals surface area contributed by atoms with Gasteiger partial charge in [-0.2, -0.15) is 13.2 Å². The van der Waals surface area contributed by atoms with Gasteiger partial charge in [0.15, 0.2) is 10.4 Å². The quantitative estimate of drug-likeness (QED) is 0.873. The highest BCUT2D eigenvalue weighted by Gasteiger charge is 2.38. The average molecular weight is 383 g/mol. The summed E-state index contributed by atoms with van der Waals surface area (Å²) in [5, 5.41) is 1.88. The van der Waals surface area contributed by atoms with Crippen LogP contribution in [0.5, 0.6) is 0 Å². The van der Waals surface area contributed by atoms with Crippen molar-refractivity contribution in [2.24, 2.45) is 5.92 Å². The second kappa shape index (κ2) is 6.72.